The molecule has 0 aliphatic heterocycles. The third-order valence-electron chi connectivity index (χ3n) is 2.78. The van der Waals surface area contributed by atoms with E-state index in [1.54, 1.807) is 14.0 Å². The van der Waals surface area contributed by atoms with Crippen molar-refractivity contribution >= 4 is 21.8 Å². The van der Waals surface area contributed by atoms with Crippen molar-refractivity contribution in [3.05, 3.63) is 40.1 Å². The lowest BCUT2D eigenvalue weighted by molar-refractivity contribution is 0.0936. The Bertz CT molecular complexity index is 610. The summed E-state index contributed by atoms with van der Waals surface area (Å²) < 4.78 is 11.0. The summed E-state index contributed by atoms with van der Waals surface area (Å²) in [6.45, 7) is 2.62. The quantitative estimate of drug-likeness (QED) is 0.851. The van der Waals surface area contributed by atoms with Gasteiger partial charge in [-0.3, -0.25) is 4.79 Å². The molecule has 1 N–H and O–H groups in total. The highest BCUT2D eigenvalue weighted by atomic mass is 79.9. The van der Waals surface area contributed by atoms with Crippen LogP contribution < -0.4 is 5.32 Å². The fourth-order valence-corrected chi connectivity index (χ4v) is 2.23. The molecule has 1 heterocycles. The van der Waals surface area contributed by atoms with Crippen LogP contribution in [0.3, 0.4) is 0 Å². The Labute approximate surface area is 125 Å². The number of benzene rings is 1. The Morgan fingerprint density at radius 3 is 3.00 bits per heavy atom. The first-order chi connectivity index (χ1) is 9.63. The minimum absolute atomic E-state index is 0.212. The third-order valence-corrected chi connectivity index (χ3v) is 3.27. The predicted octanol–water partition coefficient (Wildman–Crippen LogP) is 2.79. The molecule has 1 aromatic heterocycles. The van der Waals surface area contributed by atoms with Gasteiger partial charge in [0.2, 0.25) is 0 Å². The molecule has 1 amide bonds. The third kappa shape index (κ3) is 3.26. The summed E-state index contributed by atoms with van der Waals surface area (Å²) in [4.78, 5) is 12.2. The maximum absolute atomic E-state index is 12.2. The average molecular weight is 339 g/mol. The molecule has 106 valence electrons. The summed E-state index contributed by atoms with van der Waals surface area (Å²) in [5.41, 5.74) is 1.83. The molecule has 0 aliphatic rings. The number of rotatable bonds is 5. The molecule has 6 heteroatoms. The normalized spacial score (nSPS) is 10.6. The number of methoxy groups -OCH3 is 1. The molecule has 0 saturated carbocycles. The monoisotopic (exact) mass is 338 g/mol. The number of ether oxygens (including phenoxy) is 1. The van der Waals surface area contributed by atoms with Gasteiger partial charge in [-0.25, -0.2) is 0 Å². The Balaban J connectivity index is 2.30. The smallest absolute Gasteiger partial charge is 0.257 e. The summed E-state index contributed by atoms with van der Waals surface area (Å²) in [6.07, 6.45) is 0. The van der Waals surface area contributed by atoms with E-state index >= 15 is 0 Å². The largest absolute Gasteiger partial charge is 0.383 e. The van der Waals surface area contributed by atoms with Crippen LogP contribution in [-0.4, -0.2) is 31.3 Å². The number of aromatic nitrogens is 1. The molecule has 0 fully saturated rings. The highest BCUT2D eigenvalue weighted by molar-refractivity contribution is 9.10. The van der Waals surface area contributed by atoms with Gasteiger partial charge in [-0.2, -0.15) is 0 Å². The molecule has 0 spiro atoms. The number of carbonyl (C=O) groups is 1. The van der Waals surface area contributed by atoms with E-state index in [4.69, 9.17) is 9.26 Å². The van der Waals surface area contributed by atoms with Crippen LogP contribution in [0.2, 0.25) is 0 Å². The number of nitrogens with zero attached hydrogens (tertiary/aromatic N) is 1. The number of hydrogen-bond acceptors (Lipinski definition) is 4. The summed E-state index contributed by atoms with van der Waals surface area (Å²) in [5, 5.41) is 6.76. The number of aryl methyl sites for hydroxylation is 1. The number of carbonyl (C=O) groups excluding carboxylic acids is 1. The fraction of sp³-hybridized carbons (Fsp3) is 0.286. The van der Waals surface area contributed by atoms with Crippen LogP contribution in [0, 0.1) is 6.92 Å². The molecule has 20 heavy (non-hydrogen) atoms. The molecular weight excluding hydrogens is 324 g/mol. The van der Waals surface area contributed by atoms with Crippen LogP contribution in [0.4, 0.5) is 0 Å². The molecule has 0 atom stereocenters. The number of halogens is 1. The summed E-state index contributed by atoms with van der Waals surface area (Å²) in [6, 6.07) is 7.57. The van der Waals surface area contributed by atoms with Gasteiger partial charge in [0.15, 0.2) is 0 Å². The van der Waals surface area contributed by atoms with Crippen molar-refractivity contribution < 1.29 is 14.1 Å². The lowest BCUT2D eigenvalue weighted by Gasteiger charge is -2.05. The Hall–Kier alpha value is -1.66. The van der Waals surface area contributed by atoms with Gasteiger partial charge >= 0.3 is 0 Å². The van der Waals surface area contributed by atoms with Crippen LogP contribution in [0.25, 0.3) is 11.3 Å². The first-order valence-corrected chi connectivity index (χ1v) is 6.92. The lowest BCUT2D eigenvalue weighted by atomic mass is 10.1. The molecule has 0 radical (unpaired) electrons. The highest BCUT2D eigenvalue weighted by Crippen LogP contribution is 2.27. The van der Waals surface area contributed by atoms with Crippen molar-refractivity contribution in [2.24, 2.45) is 0 Å². The summed E-state index contributed by atoms with van der Waals surface area (Å²) in [7, 11) is 1.59. The standard InChI is InChI=1S/C14H15BrN2O3/c1-9-12(14(18)16-6-7-19-2)13(17-20-9)10-4-3-5-11(15)8-10/h3-5,8H,6-7H2,1-2H3,(H,16,18). The Kier molecular flexibility index (Phi) is 4.92. The second-order valence-electron chi connectivity index (χ2n) is 4.22. The van der Waals surface area contributed by atoms with Crippen LogP contribution in [-0.2, 0) is 4.74 Å². The van der Waals surface area contributed by atoms with E-state index in [1.807, 2.05) is 24.3 Å². The minimum Gasteiger partial charge on any atom is -0.383 e. The molecule has 0 bridgehead atoms. The zero-order valence-electron chi connectivity index (χ0n) is 11.3. The highest BCUT2D eigenvalue weighted by Gasteiger charge is 2.21. The van der Waals surface area contributed by atoms with Gasteiger partial charge < -0.3 is 14.6 Å². The van der Waals surface area contributed by atoms with Gasteiger partial charge in [-0.1, -0.05) is 33.2 Å². The van der Waals surface area contributed by atoms with E-state index in [2.05, 4.69) is 26.4 Å². The molecule has 0 unspecified atom stereocenters. The van der Waals surface area contributed by atoms with E-state index in [0.717, 1.165) is 10.0 Å². The van der Waals surface area contributed by atoms with E-state index < -0.39 is 0 Å². The Morgan fingerprint density at radius 2 is 2.30 bits per heavy atom. The van der Waals surface area contributed by atoms with Crippen molar-refractivity contribution in [2.45, 2.75) is 6.92 Å². The van der Waals surface area contributed by atoms with Crippen molar-refractivity contribution in [1.29, 1.82) is 0 Å². The topological polar surface area (TPSA) is 64.4 Å². The molecule has 2 aromatic rings. The second-order valence-corrected chi connectivity index (χ2v) is 5.14. The lowest BCUT2D eigenvalue weighted by Crippen LogP contribution is -2.27. The zero-order chi connectivity index (χ0) is 14.5. The van der Waals surface area contributed by atoms with Gasteiger partial charge in [-0.15, -0.1) is 0 Å². The number of amides is 1. The molecule has 0 saturated heterocycles. The number of nitrogens with one attached hydrogen (secondary N) is 1. The Morgan fingerprint density at radius 1 is 1.50 bits per heavy atom. The maximum Gasteiger partial charge on any atom is 0.257 e. The van der Waals surface area contributed by atoms with Crippen LogP contribution >= 0.6 is 15.9 Å². The SMILES string of the molecule is COCCNC(=O)c1c(-c2cccc(Br)c2)noc1C. The number of hydrogen-bond donors (Lipinski definition) is 1. The average Bonchev–Trinajstić information content (AvgIpc) is 2.81. The first-order valence-electron chi connectivity index (χ1n) is 6.13. The summed E-state index contributed by atoms with van der Waals surface area (Å²) >= 11 is 3.40. The van der Waals surface area contributed by atoms with Gasteiger partial charge in [0.05, 0.1) is 6.61 Å². The molecule has 5 nitrogen and oxygen atoms in total. The van der Waals surface area contributed by atoms with Gasteiger partial charge in [0.1, 0.15) is 17.0 Å². The van der Waals surface area contributed by atoms with Gasteiger partial charge in [0.25, 0.3) is 5.91 Å². The zero-order valence-corrected chi connectivity index (χ0v) is 12.9. The maximum atomic E-state index is 12.2. The second kappa shape index (κ2) is 6.67. The predicted molar refractivity (Wildman–Crippen MR) is 78.6 cm³/mol. The van der Waals surface area contributed by atoms with E-state index in [1.165, 1.54) is 0 Å². The van der Waals surface area contributed by atoms with E-state index in [0.29, 0.717) is 30.2 Å². The van der Waals surface area contributed by atoms with Gasteiger partial charge in [-0.05, 0) is 19.1 Å². The van der Waals surface area contributed by atoms with Gasteiger partial charge in [0, 0.05) is 23.7 Å². The summed E-state index contributed by atoms with van der Waals surface area (Å²) in [5.74, 6) is 0.283. The molecule has 1 aromatic carbocycles. The molecular formula is C14H15BrN2O3. The molecule has 0 aliphatic carbocycles. The fourth-order valence-electron chi connectivity index (χ4n) is 1.83. The van der Waals surface area contributed by atoms with Crippen LogP contribution in [0.1, 0.15) is 16.1 Å². The van der Waals surface area contributed by atoms with Crippen molar-refractivity contribution in [2.75, 3.05) is 20.3 Å². The first kappa shape index (κ1) is 14.7. The van der Waals surface area contributed by atoms with Crippen molar-refractivity contribution in [3.63, 3.8) is 0 Å². The van der Waals surface area contributed by atoms with Crippen molar-refractivity contribution in [3.8, 4) is 11.3 Å². The van der Waals surface area contributed by atoms with Crippen molar-refractivity contribution in [1.82, 2.24) is 10.5 Å². The van der Waals surface area contributed by atoms with E-state index in [9.17, 15) is 4.79 Å². The van der Waals surface area contributed by atoms with E-state index in [-0.39, 0.29) is 5.91 Å². The molecule has 2 rings (SSSR count). The minimum atomic E-state index is -0.212. The van der Waals surface area contributed by atoms with Crippen LogP contribution in [0.15, 0.2) is 33.3 Å². The van der Waals surface area contributed by atoms with Crippen LogP contribution in [0.5, 0.6) is 0 Å².